The maximum absolute atomic E-state index is 13.7. The van der Waals surface area contributed by atoms with Crippen LogP contribution in [0.4, 0.5) is 5.69 Å². The van der Waals surface area contributed by atoms with Gasteiger partial charge in [-0.3, -0.25) is 19.5 Å². The van der Waals surface area contributed by atoms with Crippen LogP contribution in [0.1, 0.15) is 36.8 Å². The summed E-state index contributed by atoms with van der Waals surface area (Å²) in [6, 6.07) is 16.8. The molecule has 0 aliphatic carbocycles. The molecule has 2 aromatic carbocycles. The van der Waals surface area contributed by atoms with E-state index in [4.69, 9.17) is 9.15 Å². The monoisotopic (exact) mass is 529 g/mol. The van der Waals surface area contributed by atoms with Crippen molar-refractivity contribution in [1.29, 1.82) is 0 Å². The minimum atomic E-state index is -0.687. The number of furan rings is 1. The average molecular weight is 530 g/mol. The van der Waals surface area contributed by atoms with E-state index in [-0.39, 0.29) is 17.9 Å². The number of nitro benzene ring substituents is 1. The molecular weight excluding hydrogens is 506 g/mol. The Bertz CT molecular complexity index is 1780. The molecule has 0 saturated heterocycles. The standard InChI is InChI=1S/C28H23N3O6S/c1-4-36-27(33)24-17(3)29-28-30(25(24)18-9-6-5-7-10-18)26(32)23(38-28)15-19-13-14-22(37-19)20-11-8-12-21(16(20)2)31(34)35/h5-15,25H,4H2,1-3H3/b23-15-/t25-/m1/s1. The van der Waals surface area contributed by atoms with Crippen molar-refractivity contribution in [3.05, 3.63) is 119 Å². The van der Waals surface area contributed by atoms with Crippen LogP contribution in [0, 0.1) is 17.0 Å². The Hall–Kier alpha value is -4.57. The first-order valence-electron chi connectivity index (χ1n) is 11.9. The van der Waals surface area contributed by atoms with Gasteiger partial charge in [-0.2, -0.15) is 0 Å². The lowest BCUT2D eigenvalue weighted by atomic mass is 9.96. The van der Waals surface area contributed by atoms with Crippen LogP contribution in [0.15, 0.2) is 86.1 Å². The number of nitro groups is 1. The van der Waals surface area contributed by atoms with Crippen molar-refractivity contribution in [1.82, 2.24) is 4.57 Å². The van der Waals surface area contributed by atoms with Crippen LogP contribution in [-0.2, 0) is 9.53 Å². The molecule has 2 aromatic heterocycles. The van der Waals surface area contributed by atoms with Crippen molar-refractivity contribution in [2.75, 3.05) is 6.61 Å². The van der Waals surface area contributed by atoms with Gasteiger partial charge in [-0.15, -0.1) is 0 Å². The van der Waals surface area contributed by atoms with Crippen molar-refractivity contribution in [3.63, 3.8) is 0 Å². The maximum Gasteiger partial charge on any atom is 0.338 e. The third-order valence-corrected chi connectivity index (χ3v) is 7.28. The Kier molecular flexibility index (Phi) is 6.64. The number of fused-ring (bicyclic) bond motifs is 1. The molecule has 1 atom stereocenters. The molecule has 38 heavy (non-hydrogen) atoms. The van der Waals surface area contributed by atoms with Gasteiger partial charge in [0.15, 0.2) is 4.80 Å². The Labute approximate surface area is 220 Å². The molecule has 1 aliphatic rings. The molecule has 192 valence electrons. The highest BCUT2D eigenvalue weighted by Gasteiger charge is 2.33. The molecule has 4 aromatic rings. The predicted octanol–water partition coefficient (Wildman–Crippen LogP) is 4.27. The number of carbonyl (C=O) groups is 1. The van der Waals surface area contributed by atoms with E-state index in [1.165, 1.54) is 22.0 Å². The number of nitrogens with zero attached hydrogens (tertiary/aromatic N) is 3. The van der Waals surface area contributed by atoms with Gasteiger partial charge in [-0.25, -0.2) is 9.79 Å². The smallest absolute Gasteiger partial charge is 0.338 e. The van der Waals surface area contributed by atoms with Crippen LogP contribution in [-0.4, -0.2) is 22.1 Å². The van der Waals surface area contributed by atoms with Gasteiger partial charge in [0, 0.05) is 23.3 Å². The van der Waals surface area contributed by atoms with E-state index in [0.29, 0.717) is 43.3 Å². The first kappa shape index (κ1) is 25.1. The molecule has 3 heterocycles. The minimum Gasteiger partial charge on any atom is -0.463 e. The Morgan fingerprint density at radius 2 is 1.92 bits per heavy atom. The van der Waals surface area contributed by atoms with Gasteiger partial charge >= 0.3 is 5.97 Å². The third-order valence-electron chi connectivity index (χ3n) is 6.30. The minimum absolute atomic E-state index is 0.00226. The number of aromatic nitrogens is 1. The van der Waals surface area contributed by atoms with Crippen LogP contribution in [0.2, 0.25) is 0 Å². The molecule has 0 fully saturated rings. The van der Waals surface area contributed by atoms with Crippen molar-refractivity contribution in [3.8, 4) is 11.3 Å². The van der Waals surface area contributed by atoms with Gasteiger partial charge in [0.1, 0.15) is 11.5 Å². The number of esters is 1. The molecule has 0 N–H and O–H groups in total. The number of benzene rings is 2. The zero-order chi connectivity index (χ0) is 27.0. The van der Waals surface area contributed by atoms with Crippen LogP contribution in [0.3, 0.4) is 0 Å². The van der Waals surface area contributed by atoms with Gasteiger partial charge in [0.25, 0.3) is 11.2 Å². The molecule has 0 radical (unpaired) electrons. The summed E-state index contributed by atoms with van der Waals surface area (Å²) < 4.78 is 13.2. The number of thiazole rings is 1. The predicted molar refractivity (Wildman–Crippen MR) is 142 cm³/mol. The number of carbonyl (C=O) groups excluding carboxylic acids is 1. The second-order valence-corrected chi connectivity index (χ2v) is 9.63. The van der Waals surface area contributed by atoms with Gasteiger partial charge in [0.05, 0.1) is 33.4 Å². The van der Waals surface area contributed by atoms with E-state index < -0.39 is 16.9 Å². The van der Waals surface area contributed by atoms with Gasteiger partial charge in [0.2, 0.25) is 0 Å². The summed E-state index contributed by atoms with van der Waals surface area (Å²) >= 11 is 1.19. The van der Waals surface area contributed by atoms with Crippen molar-refractivity contribution < 1.29 is 18.9 Å². The van der Waals surface area contributed by atoms with E-state index in [2.05, 4.69) is 4.99 Å². The summed E-state index contributed by atoms with van der Waals surface area (Å²) in [5.74, 6) is 0.349. The largest absolute Gasteiger partial charge is 0.463 e. The highest BCUT2D eigenvalue weighted by Crippen LogP contribution is 2.32. The van der Waals surface area contributed by atoms with Crippen LogP contribution < -0.4 is 14.9 Å². The summed E-state index contributed by atoms with van der Waals surface area (Å²) in [7, 11) is 0. The van der Waals surface area contributed by atoms with Crippen LogP contribution >= 0.6 is 11.3 Å². The lowest BCUT2D eigenvalue weighted by Gasteiger charge is -2.24. The Morgan fingerprint density at radius 1 is 1.16 bits per heavy atom. The molecule has 9 nitrogen and oxygen atoms in total. The molecule has 0 saturated carbocycles. The first-order chi connectivity index (χ1) is 18.3. The van der Waals surface area contributed by atoms with Crippen molar-refractivity contribution >= 4 is 29.1 Å². The molecule has 0 unspecified atom stereocenters. The molecular formula is C28H23N3O6S. The first-order valence-corrected chi connectivity index (χ1v) is 12.7. The van der Waals surface area contributed by atoms with E-state index in [1.807, 2.05) is 30.3 Å². The van der Waals surface area contributed by atoms with Crippen molar-refractivity contribution in [2.24, 2.45) is 4.99 Å². The molecule has 0 bridgehead atoms. The second kappa shape index (κ2) is 10.1. The quantitative estimate of drug-likeness (QED) is 0.209. The third kappa shape index (κ3) is 4.39. The van der Waals surface area contributed by atoms with Crippen LogP contribution in [0.5, 0.6) is 0 Å². The van der Waals surface area contributed by atoms with E-state index in [9.17, 15) is 19.7 Å². The maximum atomic E-state index is 13.7. The molecule has 1 aliphatic heterocycles. The normalized spacial score (nSPS) is 15.2. The van der Waals surface area contributed by atoms with E-state index in [0.717, 1.165) is 5.56 Å². The summed E-state index contributed by atoms with van der Waals surface area (Å²) in [5.41, 5.74) is 2.34. The topological polar surface area (TPSA) is 117 Å². The van der Waals surface area contributed by atoms with E-state index >= 15 is 0 Å². The highest BCUT2D eigenvalue weighted by atomic mass is 32.1. The fraction of sp³-hybridized carbons (Fsp3) is 0.179. The zero-order valence-corrected chi connectivity index (χ0v) is 21.7. The zero-order valence-electron chi connectivity index (χ0n) is 20.8. The van der Waals surface area contributed by atoms with Gasteiger partial charge in [-0.1, -0.05) is 53.8 Å². The number of ether oxygens (including phenoxy) is 1. The molecule has 0 spiro atoms. The highest BCUT2D eigenvalue weighted by molar-refractivity contribution is 7.07. The average Bonchev–Trinajstić information content (AvgIpc) is 3.48. The Balaban J connectivity index is 1.62. The number of allylic oxidation sites excluding steroid dienone is 1. The SMILES string of the molecule is CCOC(=O)C1=C(C)N=c2s/c(=C\c3ccc(-c4cccc([N+](=O)[O-])c4C)o3)c(=O)n2[C@@H]1c1ccccc1. The molecule has 10 heteroatoms. The Morgan fingerprint density at radius 3 is 2.63 bits per heavy atom. The van der Waals surface area contributed by atoms with Gasteiger partial charge in [-0.05, 0) is 38.5 Å². The summed E-state index contributed by atoms with van der Waals surface area (Å²) in [6.45, 7) is 5.33. The van der Waals surface area contributed by atoms with Gasteiger partial charge < -0.3 is 9.15 Å². The molecule has 5 rings (SSSR count). The second-order valence-electron chi connectivity index (χ2n) is 8.62. The summed E-state index contributed by atoms with van der Waals surface area (Å²) in [4.78, 5) is 42.5. The lowest BCUT2D eigenvalue weighted by Crippen LogP contribution is -2.39. The fourth-order valence-corrected chi connectivity index (χ4v) is 5.56. The number of rotatable bonds is 6. The van der Waals surface area contributed by atoms with E-state index in [1.54, 1.807) is 51.1 Å². The molecule has 0 amide bonds. The van der Waals surface area contributed by atoms with Crippen LogP contribution in [0.25, 0.3) is 17.4 Å². The summed E-state index contributed by atoms with van der Waals surface area (Å²) in [6.07, 6.45) is 1.62. The fourth-order valence-electron chi connectivity index (χ4n) is 4.53. The number of hydrogen-bond acceptors (Lipinski definition) is 8. The summed E-state index contributed by atoms with van der Waals surface area (Å²) in [5, 5.41) is 11.3. The lowest BCUT2D eigenvalue weighted by molar-refractivity contribution is -0.385. The number of hydrogen-bond donors (Lipinski definition) is 0. The van der Waals surface area contributed by atoms with Crippen molar-refractivity contribution in [2.45, 2.75) is 26.8 Å².